The molecule has 5 nitrogen and oxygen atoms in total. The number of hydrogen-bond donors (Lipinski definition) is 1. The van der Waals surface area contributed by atoms with Crippen LogP contribution in [0.3, 0.4) is 0 Å². The van der Waals surface area contributed by atoms with E-state index in [0.717, 1.165) is 23.4 Å². The highest BCUT2D eigenvalue weighted by Crippen LogP contribution is 2.37. The molecular formula is C15H18N2O3. The normalized spacial score (nSPS) is 27.6. The Balaban J connectivity index is 1.83. The van der Waals surface area contributed by atoms with Gasteiger partial charge in [-0.05, 0) is 25.5 Å². The molecule has 2 amide bonds. The Morgan fingerprint density at radius 3 is 2.70 bits per heavy atom. The molecule has 2 fully saturated rings. The van der Waals surface area contributed by atoms with Crippen molar-refractivity contribution in [1.29, 1.82) is 0 Å². The fraction of sp³-hybridized carbons (Fsp3) is 0.467. The molecule has 0 unspecified atom stereocenters. The molecule has 1 aromatic rings. The van der Waals surface area contributed by atoms with Crippen LogP contribution in [0, 0.1) is 5.92 Å². The first-order valence-electron chi connectivity index (χ1n) is 6.94. The first kappa shape index (κ1) is 13.1. The van der Waals surface area contributed by atoms with Gasteiger partial charge in [-0.15, -0.1) is 0 Å². The second-order valence-electron chi connectivity index (χ2n) is 5.55. The molecule has 3 atom stereocenters. The number of rotatable bonds is 2. The lowest BCUT2D eigenvalue weighted by Crippen LogP contribution is -2.42. The van der Waals surface area contributed by atoms with Crippen LogP contribution in [0.15, 0.2) is 30.3 Å². The Morgan fingerprint density at radius 2 is 2.05 bits per heavy atom. The Morgan fingerprint density at radius 1 is 1.35 bits per heavy atom. The van der Waals surface area contributed by atoms with Crippen LogP contribution in [0.1, 0.15) is 24.9 Å². The van der Waals surface area contributed by atoms with Gasteiger partial charge in [-0.3, -0.25) is 9.69 Å². The Kier molecular flexibility index (Phi) is 3.22. The molecule has 1 N–H and O–H groups in total. The maximum Gasteiger partial charge on any atom is 0.414 e. The number of fused-ring (bicyclic) bond motifs is 1. The molecular weight excluding hydrogens is 256 g/mol. The van der Waals surface area contributed by atoms with Gasteiger partial charge in [-0.2, -0.15) is 0 Å². The Labute approximate surface area is 117 Å². The molecule has 2 aliphatic rings. The summed E-state index contributed by atoms with van der Waals surface area (Å²) in [6, 6.07) is 9.89. The topological polar surface area (TPSA) is 60.9 Å². The molecule has 0 spiro atoms. The van der Waals surface area contributed by atoms with E-state index in [4.69, 9.17) is 5.11 Å². The van der Waals surface area contributed by atoms with Crippen molar-refractivity contribution in [3.8, 4) is 0 Å². The third-order valence-corrected chi connectivity index (χ3v) is 4.51. The molecule has 1 aromatic carbocycles. The molecule has 2 aliphatic heterocycles. The smallest absolute Gasteiger partial charge is 0.414 e. The largest absolute Gasteiger partial charge is 0.465 e. The second-order valence-corrected chi connectivity index (χ2v) is 5.55. The number of imide groups is 1. The van der Waals surface area contributed by atoms with E-state index in [0.29, 0.717) is 6.54 Å². The summed E-state index contributed by atoms with van der Waals surface area (Å²) < 4.78 is 0. The zero-order valence-corrected chi connectivity index (χ0v) is 11.4. The van der Waals surface area contributed by atoms with Crippen molar-refractivity contribution in [2.24, 2.45) is 5.92 Å². The first-order valence-corrected chi connectivity index (χ1v) is 6.94. The molecule has 2 heterocycles. The van der Waals surface area contributed by atoms with Gasteiger partial charge >= 0.3 is 6.09 Å². The summed E-state index contributed by atoms with van der Waals surface area (Å²) in [5, 5.41) is 9.07. The average Bonchev–Trinajstić information content (AvgIpc) is 3.00. The maximum atomic E-state index is 12.3. The van der Waals surface area contributed by atoms with Crippen molar-refractivity contribution in [2.75, 3.05) is 13.1 Å². The first-order chi connectivity index (χ1) is 9.59. The minimum atomic E-state index is -1.13. The van der Waals surface area contributed by atoms with Crippen LogP contribution in [-0.4, -0.2) is 46.0 Å². The van der Waals surface area contributed by atoms with Crippen LogP contribution in [-0.2, 0) is 4.79 Å². The number of hydrogen-bond acceptors (Lipinski definition) is 3. The van der Waals surface area contributed by atoms with Gasteiger partial charge in [0.15, 0.2) is 0 Å². The van der Waals surface area contributed by atoms with Crippen molar-refractivity contribution in [3.63, 3.8) is 0 Å². The second kappa shape index (κ2) is 4.90. The molecule has 0 saturated carbocycles. The zero-order valence-electron chi connectivity index (χ0n) is 11.4. The van der Waals surface area contributed by atoms with Crippen LogP contribution < -0.4 is 0 Å². The fourth-order valence-corrected chi connectivity index (χ4v) is 3.43. The fourth-order valence-electron chi connectivity index (χ4n) is 3.43. The van der Waals surface area contributed by atoms with Crippen molar-refractivity contribution in [3.05, 3.63) is 35.9 Å². The predicted octanol–water partition coefficient (Wildman–Crippen LogP) is 1.96. The number of carbonyl (C=O) groups excluding carboxylic acids is 1. The highest BCUT2D eigenvalue weighted by Gasteiger charge is 2.50. The maximum absolute atomic E-state index is 12.3. The number of carboxylic acid groups (broad SMARTS) is 1. The van der Waals surface area contributed by atoms with E-state index in [9.17, 15) is 9.59 Å². The SMILES string of the molecule is C[C@@H](c1ccccc1)N1CC[C@@H]2CN(C(=O)O)C(=O)[C@@H]21. The summed E-state index contributed by atoms with van der Waals surface area (Å²) in [6.45, 7) is 3.27. The van der Waals surface area contributed by atoms with Crippen LogP contribution in [0.5, 0.6) is 0 Å². The van der Waals surface area contributed by atoms with Crippen molar-refractivity contribution >= 4 is 12.0 Å². The standard InChI is InChI=1S/C15H18N2O3/c1-10(11-5-3-2-4-6-11)16-8-7-12-9-17(15(19)20)14(18)13(12)16/h2-6,10,12-13H,7-9H2,1H3,(H,19,20)/t10-,12+,13+/m0/s1. The van der Waals surface area contributed by atoms with Crippen molar-refractivity contribution < 1.29 is 14.7 Å². The molecule has 0 bridgehead atoms. The Hall–Kier alpha value is -1.88. The van der Waals surface area contributed by atoms with E-state index < -0.39 is 6.09 Å². The third kappa shape index (κ3) is 1.98. The Bertz CT molecular complexity index is 531. The molecule has 0 radical (unpaired) electrons. The summed E-state index contributed by atoms with van der Waals surface area (Å²) in [6.07, 6.45) is -0.242. The highest BCUT2D eigenvalue weighted by atomic mass is 16.4. The van der Waals surface area contributed by atoms with E-state index in [1.54, 1.807) is 0 Å². The molecule has 20 heavy (non-hydrogen) atoms. The summed E-state index contributed by atoms with van der Waals surface area (Å²) in [5.41, 5.74) is 1.16. The van der Waals surface area contributed by atoms with E-state index in [-0.39, 0.29) is 23.9 Å². The van der Waals surface area contributed by atoms with Gasteiger partial charge in [-0.25, -0.2) is 9.69 Å². The average molecular weight is 274 g/mol. The number of benzene rings is 1. The molecule has 2 saturated heterocycles. The van der Waals surface area contributed by atoms with E-state index in [2.05, 4.69) is 11.8 Å². The number of likely N-dealkylation sites (tertiary alicyclic amines) is 2. The lowest BCUT2D eigenvalue weighted by atomic mass is 10.0. The summed E-state index contributed by atoms with van der Waals surface area (Å²) >= 11 is 0. The van der Waals surface area contributed by atoms with Crippen molar-refractivity contribution in [1.82, 2.24) is 9.80 Å². The highest BCUT2D eigenvalue weighted by molar-refractivity contribution is 5.96. The number of carbonyl (C=O) groups is 2. The van der Waals surface area contributed by atoms with Gasteiger partial charge in [0.1, 0.15) is 0 Å². The molecule has 0 aliphatic carbocycles. The van der Waals surface area contributed by atoms with Crippen molar-refractivity contribution in [2.45, 2.75) is 25.4 Å². The van der Waals surface area contributed by atoms with Gasteiger partial charge in [0.2, 0.25) is 5.91 Å². The van der Waals surface area contributed by atoms with Gasteiger partial charge in [-0.1, -0.05) is 30.3 Å². The van der Waals surface area contributed by atoms with Crippen LogP contribution in [0.25, 0.3) is 0 Å². The van der Waals surface area contributed by atoms with E-state index in [1.807, 2.05) is 30.3 Å². The third-order valence-electron chi connectivity index (χ3n) is 4.51. The number of nitrogens with zero attached hydrogens (tertiary/aromatic N) is 2. The summed E-state index contributed by atoms with van der Waals surface area (Å²) in [5.74, 6) is -0.118. The lowest BCUT2D eigenvalue weighted by molar-refractivity contribution is -0.130. The lowest BCUT2D eigenvalue weighted by Gasteiger charge is -2.29. The minimum absolute atomic E-state index is 0.129. The molecule has 106 valence electrons. The van der Waals surface area contributed by atoms with Crippen LogP contribution in [0.2, 0.25) is 0 Å². The number of amides is 2. The van der Waals surface area contributed by atoms with E-state index in [1.165, 1.54) is 0 Å². The molecule has 5 heteroatoms. The monoisotopic (exact) mass is 274 g/mol. The molecule has 0 aromatic heterocycles. The van der Waals surface area contributed by atoms with Gasteiger partial charge < -0.3 is 5.11 Å². The summed E-state index contributed by atoms with van der Waals surface area (Å²) in [7, 11) is 0. The van der Waals surface area contributed by atoms with Crippen LogP contribution in [0.4, 0.5) is 4.79 Å². The summed E-state index contributed by atoms with van der Waals surface area (Å²) in [4.78, 5) is 26.5. The zero-order chi connectivity index (χ0) is 14.3. The quantitative estimate of drug-likeness (QED) is 0.895. The van der Waals surface area contributed by atoms with Gasteiger partial charge in [0.05, 0.1) is 6.04 Å². The van der Waals surface area contributed by atoms with Crippen LogP contribution >= 0.6 is 0 Å². The van der Waals surface area contributed by atoms with E-state index >= 15 is 0 Å². The van der Waals surface area contributed by atoms with Gasteiger partial charge in [0, 0.05) is 18.5 Å². The minimum Gasteiger partial charge on any atom is -0.465 e. The van der Waals surface area contributed by atoms with Gasteiger partial charge in [0.25, 0.3) is 0 Å². The predicted molar refractivity (Wildman–Crippen MR) is 73.2 cm³/mol. The molecule has 3 rings (SSSR count).